The molecule has 23 heavy (non-hydrogen) atoms. The summed E-state index contributed by atoms with van der Waals surface area (Å²) in [7, 11) is 0. The number of carbonyl (C=O) groups is 1. The zero-order valence-electron chi connectivity index (χ0n) is 13.1. The average Bonchev–Trinajstić information content (AvgIpc) is 3.23. The van der Waals surface area contributed by atoms with E-state index in [4.69, 9.17) is 13.8 Å². The van der Waals surface area contributed by atoms with Crippen LogP contribution in [0.2, 0.25) is 0 Å². The van der Waals surface area contributed by atoms with Gasteiger partial charge in [-0.15, -0.1) is 0 Å². The van der Waals surface area contributed by atoms with Crippen LogP contribution in [0, 0.1) is 0 Å². The van der Waals surface area contributed by atoms with Gasteiger partial charge in [-0.3, -0.25) is 14.6 Å². The molecule has 1 atom stereocenters. The first-order valence-corrected chi connectivity index (χ1v) is 7.68. The lowest BCUT2D eigenvalue weighted by atomic mass is 10.1. The van der Waals surface area contributed by atoms with E-state index in [1.54, 1.807) is 12.4 Å². The number of carbonyl (C=O) groups excluding carboxylic acids is 1. The van der Waals surface area contributed by atoms with Crippen LogP contribution in [0.5, 0.6) is 0 Å². The number of hydrogen-bond acceptors (Lipinski definition) is 8. The average molecular weight is 320 g/mol. The molecule has 0 amide bonds. The Morgan fingerprint density at radius 1 is 1.22 bits per heavy atom. The maximum atomic E-state index is 12.3. The molecule has 1 fully saturated rings. The number of piperazine rings is 1. The highest BCUT2D eigenvalue weighted by molar-refractivity contribution is 5.76. The van der Waals surface area contributed by atoms with Gasteiger partial charge in [0.05, 0.1) is 32.1 Å². The zero-order chi connectivity index (χ0) is 16.1. The summed E-state index contributed by atoms with van der Waals surface area (Å²) in [4.78, 5) is 16.5. The second-order valence-corrected chi connectivity index (χ2v) is 5.43. The first kappa shape index (κ1) is 15.7. The summed E-state index contributed by atoms with van der Waals surface area (Å²) in [5.41, 5.74) is 0. The van der Waals surface area contributed by atoms with Gasteiger partial charge in [0, 0.05) is 31.8 Å². The summed E-state index contributed by atoms with van der Waals surface area (Å²) in [6.07, 6.45) is 3.23. The minimum Gasteiger partial charge on any atom is -0.465 e. The van der Waals surface area contributed by atoms with Crippen molar-refractivity contribution in [1.82, 2.24) is 20.1 Å². The molecule has 0 aromatic carbocycles. The molecule has 1 aliphatic heterocycles. The second-order valence-electron chi connectivity index (χ2n) is 5.43. The standard InChI is InChI=1S/C15H20N4O4/c1-2-21-15(20)14-11-18(9-12-3-5-16-22-12)7-8-19(14)10-13-4-6-17-23-13/h3-6,14H,2,7-11H2,1H3. The molecule has 0 spiro atoms. The lowest BCUT2D eigenvalue weighted by Crippen LogP contribution is -2.56. The minimum absolute atomic E-state index is 0.214. The van der Waals surface area contributed by atoms with Crippen LogP contribution in [0.4, 0.5) is 0 Å². The lowest BCUT2D eigenvalue weighted by molar-refractivity contribution is -0.152. The molecule has 8 nitrogen and oxygen atoms in total. The molecule has 1 unspecified atom stereocenters. The van der Waals surface area contributed by atoms with Gasteiger partial charge in [-0.25, -0.2) is 0 Å². The number of aromatic nitrogens is 2. The Bertz CT molecular complexity index is 599. The van der Waals surface area contributed by atoms with Crippen molar-refractivity contribution in [1.29, 1.82) is 0 Å². The van der Waals surface area contributed by atoms with Gasteiger partial charge in [-0.05, 0) is 6.92 Å². The van der Waals surface area contributed by atoms with Crippen molar-refractivity contribution in [3.8, 4) is 0 Å². The monoisotopic (exact) mass is 320 g/mol. The van der Waals surface area contributed by atoms with Gasteiger partial charge < -0.3 is 13.8 Å². The highest BCUT2D eigenvalue weighted by Crippen LogP contribution is 2.17. The molecule has 8 heteroatoms. The van der Waals surface area contributed by atoms with E-state index in [0.717, 1.165) is 24.6 Å². The van der Waals surface area contributed by atoms with E-state index in [0.29, 0.717) is 26.2 Å². The van der Waals surface area contributed by atoms with Gasteiger partial charge in [-0.2, -0.15) is 0 Å². The Balaban J connectivity index is 1.67. The van der Waals surface area contributed by atoms with Crippen LogP contribution in [-0.2, 0) is 22.6 Å². The Morgan fingerprint density at radius 3 is 2.52 bits per heavy atom. The van der Waals surface area contributed by atoms with Gasteiger partial charge in [0.25, 0.3) is 0 Å². The predicted octanol–water partition coefficient (Wildman–Crippen LogP) is 0.912. The van der Waals surface area contributed by atoms with Crippen LogP contribution >= 0.6 is 0 Å². The number of hydrogen-bond donors (Lipinski definition) is 0. The van der Waals surface area contributed by atoms with E-state index >= 15 is 0 Å². The van der Waals surface area contributed by atoms with Crippen molar-refractivity contribution in [2.45, 2.75) is 26.1 Å². The van der Waals surface area contributed by atoms with Gasteiger partial charge >= 0.3 is 5.97 Å². The first-order chi connectivity index (χ1) is 11.3. The normalized spacial score (nSPS) is 19.8. The molecule has 0 N–H and O–H groups in total. The molecule has 0 aliphatic carbocycles. The SMILES string of the molecule is CCOC(=O)C1CN(Cc2ccno2)CCN1Cc1ccno1. The molecule has 1 aliphatic rings. The molecule has 0 bridgehead atoms. The van der Waals surface area contributed by atoms with E-state index in [-0.39, 0.29) is 12.0 Å². The quantitative estimate of drug-likeness (QED) is 0.726. The van der Waals surface area contributed by atoms with E-state index in [2.05, 4.69) is 20.1 Å². The maximum Gasteiger partial charge on any atom is 0.324 e. The van der Waals surface area contributed by atoms with Gasteiger partial charge in [0.15, 0.2) is 11.5 Å². The van der Waals surface area contributed by atoms with Crippen molar-refractivity contribution in [2.24, 2.45) is 0 Å². The van der Waals surface area contributed by atoms with Crippen molar-refractivity contribution < 1.29 is 18.6 Å². The summed E-state index contributed by atoms with van der Waals surface area (Å²) in [6.45, 7) is 5.49. The molecular formula is C15H20N4O4. The third-order valence-electron chi connectivity index (χ3n) is 3.85. The number of ether oxygens (including phenoxy) is 1. The van der Waals surface area contributed by atoms with E-state index in [1.807, 2.05) is 19.1 Å². The summed E-state index contributed by atoms with van der Waals surface area (Å²) in [5, 5.41) is 7.42. The third-order valence-corrected chi connectivity index (χ3v) is 3.85. The van der Waals surface area contributed by atoms with E-state index in [1.165, 1.54) is 0 Å². The van der Waals surface area contributed by atoms with Crippen molar-refractivity contribution in [3.05, 3.63) is 36.0 Å². The van der Waals surface area contributed by atoms with Crippen molar-refractivity contribution in [2.75, 3.05) is 26.2 Å². The van der Waals surface area contributed by atoms with Gasteiger partial charge in [0.2, 0.25) is 0 Å². The summed E-state index contributed by atoms with van der Waals surface area (Å²) in [6, 6.07) is 3.31. The fourth-order valence-corrected chi connectivity index (χ4v) is 2.74. The smallest absolute Gasteiger partial charge is 0.324 e. The largest absolute Gasteiger partial charge is 0.465 e. The Kier molecular flexibility index (Phi) is 5.04. The Labute approximate surface area is 133 Å². The maximum absolute atomic E-state index is 12.3. The van der Waals surface area contributed by atoms with Crippen molar-refractivity contribution in [3.63, 3.8) is 0 Å². The summed E-state index contributed by atoms with van der Waals surface area (Å²) < 4.78 is 15.5. The summed E-state index contributed by atoms with van der Waals surface area (Å²) >= 11 is 0. The molecular weight excluding hydrogens is 300 g/mol. The van der Waals surface area contributed by atoms with Crippen LogP contribution in [0.3, 0.4) is 0 Å². The van der Waals surface area contributed by atoms with Crippen molar-refractivity contribution >= 4 is 5.97 Å². The Morgan fingerprint density at radius 2 is 1.91 bits per heavy atom. The molecule has 3 heterocycles. The van der Waals surface area contributed by atoms with Crippen LogP contribution in [-0.4, -0.2) is 58.4 Å². The van der Waals surface area contributed by atoms with E-state index < -0.39 is 0 Å². The topological polar surface area (TPSA) is 84.8 Å². The van der Waals surface area contributed by atoms with E-state index in [9.17, 15) is 4.79 Å². The number of esters is 1. The molecule has 3 rings (SSSR count). The van der Waals surface area contributed by atoms with Crippen LogP contribution in [0.25, 0.3) is 0 Å². The second kappa shape index (κ2) is 7.38. The molecule has 2 aromatic heterocycles. The van der Waals surface area contributed by atoms with Gasteiger partial charge in [-0.1, -0.05) is 10.3 Å². The zero-order valence-corrected chi connectivity index (χ0v) is 13.1. The van der Waals surface area contributed by atoms with Crippen LogP contribution in [0.15, 0.2) is 33.6 Å². The number of nitrogens with zero attached hydrogens (tertiary/aromatic N) is 4. The third kappa shape index (κ3) is 3.96. The molecule has 1 saturated heterocycles. The Hall–Kier alpha value is -2.19. The number of rotatable bonds is 6. The first-order valence-electron chi connectivity index (χ1n) is 7.68. The molecule has 2 aromatic rings. The fraction of sp³-hybridized carbons (Fsp3) is 0.533. The summed E-state index contributed by atoms with van der Waals surface area (Å²) in [5.74, 6) is 1.31. The van der Waals surface area contributed by atoms with Crippen LogP contribution in [0.1, 0.15) is 18.4 Å². The minimum atomic E-state index is -0.336. The lowest BCUT2D eigenvalue weighted by Gasteiger charge is -2.39. The fourth-order valence-electron chi connectivity index (χ4n) is 2.74. The highest BCUT2D eigenvalue weighted by atomic mass is 16.5. The molecule has 0 radical (unpaired) electrons. The van der Waals surface area contributed by atoms with Gasteiger partial charge in [0.1, 0.15) is 6.04 Å². The predicted molar refractivity (Wildman–Crippen MR) is 79.1 cm³/mol. The molecule has 124 valence electrons. The highest BCUT2D eigenvalue weighted by Gasteiger charge is 2.34. The van der Waals surface area contributed by atoms with Crippen LogP contribution < -0.4 is 0 Å². The molecule has 0 saturated carbocycles.